The molecular formula is C18H25F3O7. The molecular weight excluding hydrogens is 385 g/mol. The van der Waals surface area contributed by atoms with Crippen LogP contribution in [-0.2, 0) is 28.8 Å². The van der Waals surface area contributed by atoms with Crippen LogP contribution < -0.4 is 0 Å². The number of rotatable bonds is 3. The number of ether oxygens (including phenoxy) is 3. The van der Waals surface area contributed by atoms with Crippen molar-refractivity contribution in [3.63, 3.8) is 0 Å². The second-order valence-electron chi connectivity index (χ2n) is 8.66. The maximum Gasteiger partial charge on any atom is 0.443 e. The highest BCUT2D eigenvalue weighted by molar-refractivity contribution is 5.68. The summed E-state index contributed by atoms with van der Waals surface area (Å²) in [6.45, 7) is 3.89. The largest absolute Gasteiger partial charge is 0.480 e. The summed E-state index contributed by atoms with van der Waals surface area (Å²) in [6.07, 6.45) is -4.04. The molecule has 1 spiro atoms. The first-order valence-corrected chi connectivity index (χ1v) is 9.60. The molecule has 0 aromatic rings. The Morgan fingerprint density at radius 2 is 1.86 bits per heavy atom. The van der Waals surface area contributed by atoms with Crippen molar-refractivity contribution in [3.05, 3.63) is 0 Å². The van der Waals surface area contributed by atoms with Gasteiger partial charge in [0, 0.05) is 18.3 Å². The zero-order valence-corrected chi connectivity index (χ0v) is 16.0. The number of fused-ring (bicyclic) bond motifs is 2. The Balaban J connectivity index is 1.81. The third kappa shape index (κ3) is 2.64. The minimum atomic E-state index is -4.96. The van der Waals surface area contributed by atoms with Gasteiger partial charge in [-0.05, 0) is 38.0 Å². The number of carbonyl (C=O) groups is 1. The zero-order chi connectivity index (χ0) is 20.5. The lowest BCUT2D eigenvalue weighted by Crippen LogP contribution is -2.76. The second-order valence-corrected chi connectivity index (χ2v) is 8.66. The molecule has 10 heteroatoms. The number of alkyl halides is 3. The van der Waals surface area contributed by atoms with Crippen LogP contribution >= 0.6 is 0 Å². The Bertz CT molecular complexity index is 658. The minimum absolute atomic E-state index is 0.103. The van der Waals surface area contributed by atoms with Crippen LogP contribution in [0.2, 0.25) is 0 Å². The van der Waals surface area contributed by atoms with Gasteiger partial charge in [-0.15, -0.1) is 0 Å². The van der Waals surface area contributed by atoms with Crippen LogP contribution in [0.4, 0.5) is 13.2 Å². The molecule has 1 saturated carbocycles. The lowest BCUT2D eigenvalue weighted by atomic mass is 9.57. The highest BCUT2D eigenvalue weighted by atomic mass is 19.4. The summed E-state index contributed by atoms with van der Waals surface area (Å²) in [5.74, 6) is -7.60. The monoisotopic (exact) mass is 410 g/mol. The van der Waals surface area contributed by atoms with Crippen molar-refractivity contribution in [1.82, 2.24) is 0 Å². The quantitative estimate of drug-likeness (QED) is 0.715. The van der Waals surface area contributed by atoms with Crippen LogP contribution in [0.1, 0.15) is 46.5 Å². The van der Waals surface area contributed by atoms with E-state index in [-0.39, 0.29) is 11.8 Å². The topological polar surface area (TPSA) is 83.5 Å². The van der Waals surface area contributed by atoms with Crippen LogP contribution in [0.3, 0.4) is 0 Å². The van der Waals surface area contributed by atoms with Gasteiger partial charge < -0.3 is 19.3 Å². The normalized spacial score (nSPS) is 50.7. The van der Waals surface area contributed by atoms with Crippen LogP contribution in [0.25, 0.3) is 0 Å². The molecule has 5 fully saturated rings. The van der Waals surface area contributed by atoms with Gasteiger partial charge in [-0.1, -0.05) is 13.8 Å². The molecule has 0 aromatic carbocycles. The summed E-state index contributed by atoms with van der Waals surface area (Å²) in [7, 11) is 0. The first kappa shape index (κ1) is 20.3. The van der Waals surface area contributed by atoms with Crippen LogP contribution in [0.5, 0.6) is 0 Å². The molecule has 1 unspecified atom stereocenters. The molecule has 4 saturated heterocycles. The summed E-state index contributed by atoms with van der Waals surface area (Å²) >= 11 is 0. The Kier molecular flexibility index (Phi) is 4.56. The van der Waals surface area contributed by atoms with E-state index in [2.05, 4.69) is 0 Å². The minimum Gasteiger partial charge on any atom is -0.480 e. The average Bonchev–Trinajstić information content (AvgIpc) is 2.82. The van der Waals surface area contributed by atoms with Crippen molar-refractivity contribution in [3.8, 4) is 0 Å². The molecule has 5 rings (SSSR count). The lowest BCUT2D eigenvalue weighted by Gasteiger charge is -2.62. The molecule has 0 amide bonds. The molecule has 28 heavy (non-hydrogen) atoms. The van der Waals surface area contributed by atoms with Crippen molar-refractivity contribution >= 4 is 5.97 Å². The summed E-state index contributed by atoms with van der Waals surface area (Å²) in [5.41, 5.74) is -1.19. The van der Waals surface area contributed by atoms with E-state index in [1.54, 1.807) is 6.92 Å². The van der Waals surface area contributed by atoms with E-state index >= 15 is 0 Å². The standard InChI is InChI=1S/C18H25F3O7/c1-9-4-5-12-10(2)17(18(19,20)21,24-8-13(22)23)26-14-16(12)11(9)6-7-15(3,25-14)27-28-16/h9-12,14H,4-8H2,1-3H3,(H,22,23)/t9-,10-,11+,12+,14+,15+,16?,17-/m1/s1. The van der Waals surface area contributed by atoms with E-state index in [4.69, 9.17) is 29.1 Å². The number of hydrogen-bond donors (Lipinski definition) is 1. The van der Waals surface area contributed by atoms with E-state index in [0.29, 0.717) is 19.3 Å². The molecule has 0 radical (unpaired) electrons. The van der Waals surface area contributed by atoms with Gasteiger partial charge in [-0.25, -0.2) is 14.6 Å². The van der Waals surface area contributed by atoms with E-state index in [9.17, 15) is 18.0 Å². The van der Waals surface area contributed by atoms with Crippen molar-refractivity contribution in [2.24, 2.45) is 23.7 Å². The van der Waals surface area contributed by atoms with Crippen molar-refractivity contribution in [1.29, 1.82) is 0 Å². The molecule has 160 valence electrons. The van der Waals surface area contributed by atoms with Gasteiger partial charge in [0.1, 0.15) is 6.61 Å². The molecule has 5 aliphatic rings. The number of hydrogen-bond acceptors (Lipinski definition) is 6. The Hall–Kier alpha value is -0.940. The lowest BCUT2D eigenvalue weighted by molar-refractivity contribution is -0.598. The molecule has 4 aliphatic heterocycles. The van der Waals surface area contributed by atoms with Gasteiger partial charge in [-0.3, -0.25) is 0 Å². The average molecular weight is 410 g/mol. The second kappa shape index (κ2) is 6.28. The fourth-order valence-electron chi connectivity index (χ4n) is 5.66. The van der Waals surface area contributed by atoms with Gasteiger partial charge in [-0.2, -0.15) is 13.2 Å². The summed E-state index contributed by atoms with van der Waals surface area (Å²) < 4.78 is 59.0. The third-order valence-corrected chi connectivity index (χ3v) is 7.07. The van der Waals surface area contributed by atoms with Gasteiger partial charge >= 0.3 is 12.1 Å². The predicted octanol–water partition coefficient (Wildman–Crippen LogP) is 3.23. The van der Waals surface area contributed by atoms with Gasteiger partial charge in [0.15, 0.2) is 11.9 Å². The fraction of sp³-hybridized carbons (Fsp3) is 0.944. The number of carboxylic acid groups (broad SMARTS) is 1. The van der Waals surface area contributed by atoms with Crippen molar-refractivity contribution in [2.75, 3.05) is 6.61 Å². The Labute approximate surface area is 160 Å². The third-order valence-electron chi connectivity index (χ3n) is 7.07. The van der Waals surface area contributed by atoms with Crippen LogP contribution in [-0.4, -0.2) is 47.3 Å². The molecule has 2 bridgehead atoms. The SMILES string of the molecule is C[C@@H]1CC[C@H]2[C@@H](C)[C@](OCC(=O)O)(C(F)(F)F)O[C@@H]3O[C@]4(C)CC[C@@H]1C32OO4. The molecule has 7 nitrogen and oxygen atoms in total. The predicted molar refractivity (Wildman–Crippen MR) is 85.4 cm³/mol. The Morgan fingerprint density at radius 1 is 1.14 bits per heavy atom. The fourth-order valence-corrected chi connectivity index (χ4v) is 5.66. The first-order valence-electron chi connectivity index (χ1n) is 9.60. The molecule has 8 atom stereocenters. The maximum absolute atomic E-state index is 14.2. The molecule has 1 N–H and O–H groups in total. The summed E-state index contributed by atoms with van der Waals surface area (Å²) in [6, 6.07) is 0. The number of halogens is 3. The molecule has 0 aromatic heterocycles. The van der Waals surface area contributed by atoms with Crippen molar-refractivity contribution in [2.45, 2.75) is 76.1 Å². The first-order chi connectivity index (χ1) is 13.0. The van der Waals surface area contributed by atoms with Gasteiger partial charge in [0.2, 0.25) is 5.79 Å². The number of aliphatic carboxylic acids is 1. The van der Waals surface area contributed by atoms with Crippen LogP contribution in [0, 0.1) is 23.7 Å². The molecule has 1 aliphatic carbocycles. The summed E-state index contributed by atoms with van der Waals surface area (Å²) in [4.78, 5) is 22.3. The van der Waals surface area contributed by atoms with Gasteiger partial charge in [0.05, 0.1) is 0 Å². The van der Waals surface area contributed by atoms with E-state index in [1.165, 1.54) is 6.92 Å². The molecule has 4 heterocycles. The van der Waals surface area contributed by atoms with Crippen molar-refractivity contribution < 1.29 is 47.1 Å². The zero-order valence-electron chi connectivity index (χ0n) is 16.0. The smallest absolute Gasteiger partial charge is 0.443 e. The Morgan fingerprint density at radius 3 is 2.50 bits per heavy atom. The van der Waals surface area contributed by atoms with Crippen LogP contribution in [0.15, 0.2) is 0 Å². The van der Waals surface area contributed by atoms with E-state index < -0.39 is 54.1 Å². The highest BCUT2D eigenvalue weighted by Gasteiger charge is 2.77. The number of carboxylic acids is 1. The van der Waals surface area contributed by atoms with E-state index in [0.717, 1.165) is 6.42 Å². The van der Waals surface area contributed by atoms with Gasteiger partial charge in [0.25, 0.3) is 5.79 Å². The highest BCUT2D eigenvalue weighted by Crippen LogP contribution is 2.64. The van der Waals surface area contributed by atoms with E-state index in [1.807, 2.05) is 6.92 Å². The summed E-state index contributed by atoms with van der Waals surface area (Å²) in [5, 5.41) is 8.92. The maximum atomic E-state index is 14.2.